The van der Waals surface area contributed by atoms with Gasteiger partial charge < -0.3 is 15.4 Å². The van der Waals surface area contributed by atoms with Gasteiger partial charge in [-0.05, 0) is 37.5 Å². The number of ether oxygens (including phenoxy) is 1. The third kappa shape index (κ3) is 4.14. The molecule has 0 amide bonds. The summed E-state index contributed by atoms with van der Waals surface area (Å²) in [6.45, 7) is 3.62. The summed E-state index contributed by atoms with van der Waals surface area (Å²) < 4.78 is 5.15. The van der Waals surface area contributed by atoms with E-state index in [1.807, 2.05) is 12.1 Å². The highest BCUT2D eigenvalue weighted by molar-refractivity contribution is 6.30. The number of hydrogen-bond acceptors (Lipinski definition) is 2. The van der Waals surface area contributed by atoms with Crippen molar-refractivity contribution in [2.75, 3.05) is 27.3 Å². The second-order valence-electron chi connectivity index (χ2n) is 6.07. The van der Waals surface area contributed by atoms with Gasteiger partial charge in [0.15, 0.2) is 5.96 Å². The Hall–Kier alpha value is -1.26. The van der Waals surface area contributed by atoms with Crippen molar-refractivity contribution in [1.29, 1.82) is 0 Å². The summed E-state index contributed by atoms with van der Waals surface area (Å²) in [4.78, 5) is 4.30. The SMILES string of the molecule is CN=C(NCC1(c2ccc(Cl)cc2)CCC1)NC(C)COC. The number of methoxy groups -OCH3 is 1. The zero-order valence-corrected chi connectivity index (χ0v) is 14.4. The fourth-order valence-corrected chi connectivity index (χ4v) is 3.07. The van der Waals surface area contributed by atoms with Crippen molar-refractivity contribution in [1.82, 2.24) is 10.6 Å². The van der Waals surface area contributed by atoms with Crippen LogP contribution in [-0.4, -0.2) is 39.3 Å². The van der Waals surface area contributed by atoms with Gasteiger partial charge in [0.2, 0.25) is 0 Å². The van der Waals surface area contributed by atoms with E-state index in [1.165, 1.54) is 24.8 Å². The Morgan fingerprint density at radius 2 is 2.05 bits per heavy atom. The summed E-state index contributed by atoms with van der Waals surface area (Å²) >= 11 is 6.00. The maximum Gasteiger partial charge on any atom is 0.191 e. The predicted octanol–water partition coefficient (Wildman–Crippen LogP) is 2.96. The molecular weight excluding hydrogens is 298 g/mol. The molecule has 1 atom stereocenters. The van der Waals surface area contributed by atoms with Crippen LogP contribution >= 0.6 is 11.6 Å². The highest BCUT2D eigenvalue weighted by atomic mass is 35.5. The molecule has 1 aromatic carbocycles. The molecule has 2 N–H and O–H groups in total. The van der Waals surface area contributed by atoms with Gasteiger partial charge in [-0.1, -0.05) is 30.2 Å². The minimum Gasteiger partial charge on any atom is -0.383 e. The van der Waals surface area contributed by atoms with Gasteiger partial charge in [0.25, 0.3) is 0 Å². The molecule has 1 aromatic rings. The Labute approximate surface area is 138 Å². The molecular formula is C17H26ClN3O. The first-order valence-corrected chi connectivity index (χ1v) is 8.19. The van der Waals surface area contributed by atoms with E-state index >= 15 is 0 Å². The zero-order valence-electron chi connectivity index (χ0n) is 13.7. The Bertz CT molecular complexity index is 497. The molecule has 1 fully saturated rings. The third-order valence-electron chi connectivity index (χ3n) is 4.38. The van der Waals surface area contributed by atoms with Gasteiger partial charge in [0, 0.05) is 37.2 Å². The van der Waals surface area contributed by atoms with Crippen molar-refractivity contribution < 1.29 is 4.74 Å². The van der Waals surface area contributed by atoms with Gasteiger partial charge in [-0.25, -0.2) is 0 Å². The van der Waals surface area contributed by atoms with Gasteiger partial charge in [0.05, 0.1) is 6.61 Å². The number of benzene rings is 1. The van der Waals surface area contributed by atoms with Gasteiger partial charge in [-0.15, -0.1) is 0 Å². The Kier molecular flexibility index (Phi) is 6.09. The van der Waals surface area contributed by atoms with E-state index in [9.17, 15) is 0 Å². The Balaban J connectivity index is 1.96. The van der Waals surface area contributed by atoms with Gasteiger partial charge in [0.1, 0.15) is 0 Å². The van der Waals surface area contributed by atoms with Crippen LogP contribution in [0.5, 0.6) is 0 Å². The number of halogens is 1. The van der Waals surface area contributed by atoms with E-state index in [0.29, 0.717) is 6.61 Å². The second-order valence-corrected chi connectivity index (χ2v) is 6.50. The standard InChI is InChI=1S/C17H26ClN3O/c1-13(11-22-3)21-16(19-2)20-12-17(9-4-10-17)14-5-7-15(18)8-6-14/h5-8,13H,4,9-12H2,1-3H3,(H2,19,20,21). The van der Waals surface area contributed by atoms with Crippen LogP contribution in [0.15, 0.2) is 29.3 Å². The van der Waals surface area contributed by atoms with Crippen molar-refractivity contribution in [2.45, 2.75) is 37.6 Å². The van der Waals surface area contributed by atoms with E-state index in [4.69, 9.17) is 16.3 Å². The molecule has 1 aliphatic rings. The van der Waals surface area contributed by atoms with E-state index in [2.05, 4.69) is 34.7 Å². The van der Waals surface area contributed by atoms with Crippen molar-refractivity contribution in [3.8, 4) is 0 Å². The molecule has 0 saturated heterocycles. The average Bonchev–Trinajstić information content (AvgIpc) is 2.46. The normalized spacial score (nSPS) is 18.5. The number of hydrogen-bond donors (Lipinski definition) is 2. The van der Waals surface area contributed by atoms with Crippen molar-refractivity contribution in [3.05, 3.63) is 34.9 Å². The molecule has 1 unspecified atom stereocenters. The van der Waals surface area contributed by atoms with E-state index in [1.54, 1.807) is 14.2 Å². The van der Waals surface area contributed by atoms with E-state index < -0.39 is 0 Å². The first-order valence-electron chi connectivity index (χ1n) is 7.82. The minimum atomic E-state index is 0.201. The van der Waals surface area contributed by atoms with Gasteiger partial charge in [-0.3, -0.25) is 4.99 Å². The molecule has 1 aliphatic carbocycles. The summed E-state index contributed by atoms with van der Waals surface area (Å²) in [7, 11) is 3.50. The molecule has 0 aliphatic heterocycles. The molecule has 0 bridgehead atoms. The number of rotatable bonds is 6. The number of nitrogens with zero attached hydrogens (tertiary/aromatic N) is 1. The Morgan fingerprint density at radius 1 is 1.36 bits per heavy atom. The molecule has 4 nitrogen and oxygen atoms in total. The van der Waals surface area contributed by atoms with Crippen molar-refractivity contribution in [2.24, 2.45) is 4.99 Å². The molecule has 2 rings (SSSR count). The van der Waals surface area contributed by atoms with Gasteiger partial charge in [-0.2, -0.15) is 0 Å². The van der Waals surface area contributed by atoms with Crippen molar-refractivity contribution in [3.63, 3.8) is 0 Å². The minimum absolute atomic E-state index is 0.201. The molecule has 22 heavy (non-hydrogen) atoms. The lowest BCUT2D eigenvalue weighted by molar-refractivity contribution is 0.178. The first-order chi connectivity index (χ1) is 10.6. The topological polar surface area (TPSA) is 45.7 Å². The highest BCUT2D eigenvalue weighted by Crippen LogP contribution is 2.43. The molecule has 0 radical (unpaired) electrons. The van der Waals surface area contributed by atoms with Crippen LogP contribution in [0.25, 0.3) is 0 Å². The smallest absolute Gasteiger partial charge is 0.191 e. The summed E-state index contributed by atoms with van der Waals surface area (Å²) in [5.41, 5.74) is 1.56. The van der Waals surface area contributed by atoms with E-state index in [0.717, 1.165) is 17.5 Å². The highest BCUT2D eigenvalue weighted by Gasteiger charge is 2.38. The third-order valence-corrected chi connectivity index (χ3v) is 4.64. The largest absolute Gasteiger partial charge is 0.383 e. The fraction of sp³-hybridized carbons (Fsp3) is 0.588. The number of nitrogens with one attached hydrogen (secondary N) is 2. The predicted molar refractivity (Wildman–Crippen MR) is 92.8 cm³/mol. The maximum absolute atomic E-state index is 6.00. The van der Waals surface area contributed by atoms with Crippen LogP contribution in [0, 0.1) is 0 Å². The van der Waals surface area contributed by atoms with Crippen LogP contribution in [0.3, 0.4) is 0 Å². The lowest BCUT2D eigenvalue weighted by Gasteiger charge is -2.43. The maximum atomic E-state index is 6.00. The monoisotopic (exact) mass is 323 g/mol. The van der Waals surface area contributed by atoms with Crippen LogP contribution in [0.2, 0.25) is 5.02 Å². The van der Waals surface area contributed by atoms with Crippen LogP contribution in [0.4, 0.5) is 0 Å². The molecule has 5 heteroatoms. The van der Waals surface area contributed by atoms with Crippen molar-refractivity contribution >= 4 is 17.6 Å². The molecule has 1 saturated carbocycles. The van der Waals surface area contributed by atoms with E-state index in [-0.39, 0.29) is 11.5 Å². The molecule has 122 valence electrons. The molecule has 0 aromatic heterocycles. The summed E-state index contributed by atoms with van der Waals surface area (Å²) in [5, 5.41) is 7.60. The van der Waals surface area contributed by atoms with Gasteiger partial charge >= 0.3 is 0 Å². The van der Waals surface area contributed by atoms with Crippen LogP contribution in [-0.2, 0) is 10.2 Å². The fourth-order valence-electron chi connectivity index (χ4n) is 2.95. The van der Waals surface area contributed by atoms with Crippen LogP contribution < -0.4 is 10.6 Å². The average molecular weight is 324 g/mol. The second kappa shape index (κ2) is 7.84. The zero-order chi connectivity index (χ0) is 16.0. The summed E-state index contributed by atoms with van der Waals surface area (Å²) in [6.07, 6.45) is 3.68. The lowest BCUT2D eigenvalue weighted by Crippen LogP contribution is -2.51. The molecule has 0 heterocycles. The number of guanidine groups is 1. The lowest BCUT2D eigenvalue weighted by atomic mass is 9.64. The quantitative estimate of drug-likeness (QED) is 0.625. The summed E-state index contributed by atoms with van der Waals surface area (Å²) in [5.74, 6) is 0.824. The Morgan fingerprint density at radius 3 is 2.55 bits per heavy atom. The molecule has 0 spiro atoms. The summed E-state index contributed by atoms with van der Waals surface area (Å²) in [6, 6.07) is 8.47. The number of aliphatic imine (C=N–C) groups is 1. The first kappa shape index (κ1) is 17.1. The van der Waals surface area contributed by atoms with Crippen LogP contribution in [0.1, 0.15) is 31.7 Å².